The first-order chi connectivity index (χ1) is 9.17. The lowest BCUT2D eigenvalue weighted by Gasteiger charge is -2.13. The number of benzene rings is 1. The fraction of sp³-hybridized carbons (Fsp3) is 0.533. The van der Waals surface area contributed by atoms with Crippen molar-refractivity contribution in [2.75, 3.05) is 39.1 Å². The zero-order valence-corrected chi connectivity index (χ0v) is 15.3. The minimum atomic E-state index is 0. The predicted molar refractivity (Wildman–Crippen MR) is 99.5 cm³/mol. The van der Waals surface area contributed by atoms with Crippen LogP contribution >= 0.6 is 24.0 Å². The van der Waals surface area contributed by atoms with E-state index in [1.165, 1.54) is 11.3 Å². The van der Waals surface area contributed by atoms with Crippen LogP contribution in [0, 0.1) is 0 Å². The smallest absolute Gasteiger partial charge is 0.190 e. The molecule has 20 heavy (non-hydrogen) atoms. The molecule has 0 aromatic heterocycles. The summed E-state index contributed by atoms with van der Waals surface area (Å²) in [5.41, 5.74) is 2.57. The first kappa shape index (κ1) is 19.0. The number of nitrogens with one attached hydrogen (secondary N) is 2. The summed E-state index contributed by atoms with van der Waals surface area (Å²) in [6, 6.07) is 8.66. The van der Waals surface area contributed by atoms with E-state index in [9.17, 15) is 0 Å². The van der Waals surface area contributed by atoms with Crippen molar-refractivity contribution >= 4 is 35.6 Å². The summed E-state index contributed by atoms with van der Waals surface area (Å²) in [7, 11) is 5.91. The maximum Gasteiger partial charge on any atom is 0.190 e. The molecule has 0 saturated heterocycles. The van der Waals surface area contributed by atoms with Gasteiger partial charge in [0.15, 0.2) is 5.96 Å². The Bertz CT molecular complexity index is 387. The van der Waals surface area contributed by atoms with Gasteiger partial charge in [-0.05, 0) is 30.5 Å². The first-order valence-electron chi connectivity index (χ1n) is 6.88. The second-order valence-corrected chi connectivity index (χ2v) is 4.74. The van der Waals surface area contributed by atoms with Crippen molar-refractivity contribution in [1.29, 1.82) is 0 Å². The lowest BCUT2D eigenvalue weighted by atomic mass is 10.1. The molecule has 2 N–H and O–H groups in total. The summed E-state index contributed by atoms with van der Waals surface area (Å²) < 4.78 is 0. The third kappa shape index (κ3) is 6.98. The van der Waals surface area contributed by atoms with Gasteiger partial charge in [0.05, 0.1) is 0 Å². The third-order valence-corrected chi connectivity index (χ3v) is 2.92. The van der Waals surface area contributed by atoms with Crippen molar-refractivity contribution in [3.63, 3.8) is 0 Å². The molecule has 4 nitrogen and oxygen atoms in total. The van der Waals surface area contributed by atoms with Crippen molar-refractivity contribution in [2.24, 2.45) is 4.99 Å². The van der Waals surface area contributed by atoms with E-state index in [-0.39, 0.29) is 24.0 Å². The number of aliphatic imine (C=N–C) groups is 1. The van der Waals surface area contributed by atoms with Crippen LogP contribution in [0.2, 0.25) is 0 Å². The van der Waals surface area contributed by atoms with Gasteiger partial charge >= 0.3 is 0 Å². The van der Waals surface area contributed by atoms with Gasteiger partial charge in [0.25, 0.3) is 0 Å². The topological polar surface area (TPSA) is 39.7 Å². The van der Waals surface area contributed by atoms with E-state index in [1.54, 1.807) is 7.05 Å². The molecular formula is C15H27IN4. The predicted octanol–water partition coefficient (Wildman–Crippen LogP) is 2.49. The molecule has 0 bridgehead atoms. The van der Waals surface area contributed by atoms with Gasteiger partial charge in [0, 0.05) is 39.9 Å². The summed E-state index contributed by atoms with van der Waals surface area (Å²) in [5.74, 6) is 0.881. The first-order valence-corrected chi connectivity index (χ1v) is 6.88. The Morgan fingerprint density at radius 3 is 2.20 bits per heavy atom. The van der Waals surface area contributed by atoms with Crippen molar-refractivity contribution in [3.8, 4) is 0 Å². The Kier molecular flexibility index (Phi) is 10.2. The molecule has 0 aliphatic rings. The lowest BCUT2D eigenvalue weighted by Crippen LogP contribution is -2.38. The van der Waals surface area contributed by atoms with Gasteiger partial charge in [-0.15, -0.1) is 24.0 Å². The molecule has 0 spiro atoms. The van der Waals surface area contributed by atoms with Gasteiger partial charge in [-0.3, -0.25) is 4.99 Å². The fourth-order valence-electron chi connectivity index (χ4n) is 1.75. The van der Waals surface area contributed by atoms with E-state index in [1.807, 2.05) is 0 Å². The molecule has 114 valence electrons. The molecule has 0 atom stereocenters. The molecule has 0 aliphatic carbocycles. The van der Waals surface area contributed by atoms with E-state index in [0.29, 0.717) is 0 Å². The number of anilines is 1. The average molecular weight is 390 g/mol. The summed E-state index contributed by atoms with van der Waals surface area (Å²) in [4.78, 5) is 6.29. The molecule has 1 rings (SSSR count). The van der Waals surface area contributed by atoms with Crippen LogP contribution in [-0.4, -0.2) is 40.2 Å². The third-order valence-electron chi connectivity index (χ3n) is 2.92. The standard InChI is InChI=1S/C15H26N4.HI/c1-5-11-17-15(16-2)18-12-10-13-6-8-14(9-7-13)19(3)4;/h6-9H,5,10-12H2,1-4H3,(H2,16,17,18);1H. The Morgan fingerprint density at radius 2 is 1.70 bits per heavy atom. The van der Waals surface area contributed by atoms with E-state index in [2.05, 4.69) is 65.8 Å². The second-order valence-electron chi connectivity index (χ2n) is 4.74. The van der Waals surface area contributed by atoms with E-state index < -0.39 is 0 Å². The van der Waals surface area contributed by atoms with Crippen molar-refractivity contribution in [1.82, 2.24) is 10.6 Å². The normalized spacial score (nSPS) is 10.7. The highest BCUT2D eigenvalue weighted by Crippen LogP contribution is 2.12. The number of guanidine groups is 1. The van der Waals surface area contributed by atoms with Gasteiger partial charge < -0.3 is 15.5 Å². The van der Waals surface area contributed by atoms with Gasteiger partial charge in [-0.25, -0.2) is 0 Å². The largest absolute Gasteiger partial charge is 0.378 e. The van der Waals surface area contributed by atoms with Crippen LogP contribution in [0.25, 0.3) is 0 Å². The van der Waals surface area contributed by atoms with Gasteiger partial charge in [-0.2, -0.15) is 0 Å². The zero-order chi connectivity index (χ0) is 14.1. The van der Waals surface area contributed by atoms with Crippen LogP contribution < -0.4 is 15.5 Å². The van der Waals surface area contributed by atoms with Gasteiger partial charge in [0.1, 0.15) is 0 Å². The Balaban J connectivity index is 0.00000361. The van der Waals surface area contributed by atoms with Crippen molar-refractivity contribution in [2.45, 2.75) is 19.8 Å². The molecule has 0 amide bonds. The molecular weight excluding hydrogens is 363 g/mol. The summed E-state index contributed by atoms with van der Waals surface area (Å²) >= 11 is 0. The molecule has 1 aromatic carbocycles. The second kappa shape index (κ2) is 10.8. The molecule has 0 fully saturated rings. The Labute approximate surface area is 140 Å². The molecule has 0 aliphatic heterocycles. The van der Waals surface area contributed by atoms with Crippen LogP contribution in [-0.2, 0) is 6.42 Å². The minimum absolute atomic E-state index is 0. The van der Waals surface area contributed by atoms with E-state index in [0.717, 1.165) is 31.9 Å². The Morgan fingerprint density at radius 1 is 1.10 bits per heavy atom. The van der Waals surface area contributed by atoms with Gasteiger partial charge in [0.2, 0.25) is 0 Å². The number of nitrogens with zero attached hydrogens (tertiary/aromatic N) is 2. The monoisotopic (exact) mass is 390 g/mol. The Hall–Kier alpha value is -0.980. The number of hydrogen-bond donors (Lipinski definition) is 2. The van der Waals surface area contributed by atoms with Crippen LogP contribution in [0.5, 0.6) is 0 Å². The summed E-state index contributed by atoms with van der Waals surface area (Å²) in [6.07, 6.45) is 2.10. The lowest BCUT2D eigenvalue weighted by molar-refractivity contribution is 0.773. The number of rotatable bonds is 6. The maximum absolute atomic E-state index is 4.18. The van der Waals surface area contributed by atoms with Crippen molar-refractivity contribution < 1.29 is 0 Å². The zero-order valence-electron chi connectivity index (χ0n) is 12.9. The molecule has 0 unspecified atom stereocenters. The highest BCUT2D eigenvalue weighted by atomic mass is 127. The van der Waals surface area contributed by atoms with Crippen LogP contribution in [0.3, 0.4) is 0 Å². The summed E-state index contributed by atoms with van der Waals surface area (Å²) in [6.45, 7) is 3.99. The van der Waals surface area contributed by atoms with Gasteiger partial charge in [-0.1, -0.05) is 19.1 Å². The molecule has 0 radical (unpaired) electrons. The quantitative estimate of drug-likeness (QED) is 0.446. The van der Waals surface area contributed by atoms with Crippen LogP contribution in [0.4, 0.5) is 5.69 Å². The highest BCUT2D eigenvalue weighted by Gasteiger charge is 1.98. The average Bonchev–Trinajstić information content (AvgIpc) is 2.43. The SMILES string of the molecule is CCCNC(=NC)NCCc1ccc(N(C)C)cc1.I. The van der Waals surface area contributed by atoms with Crippen LogP contribution in [0.1, 0.15) is 18.9 Å². The minimum Gasteiger partial charge on any atom is -0.378 e. The van der Waals surface area contributed by atoms with Crippen molar-refractivity contribution in [3.05, 3.63) is 29.8 Å². The summed E-state index contributed by atoms with van der Waals surface area (Å²) in [5, 5.41) is 6.58. The molecule has 0 saturated carbocycles. The van der Waals surface area contributed by atoms with Crippen LogP contribution in [0.15, 0.2) is 29.3 Å². The number of halogens is 1. The maximum atomic E-state index is 4.18. The fourth-order valence-corrected chi connectivity index (χ4v) is 1.75. The van der Waals surface area contributed by atoms with E-state index in [4.69, 9.17) is 0 Å². The van der Waals surface area contributed by atoms with E-state index >= 15 is 0 Å². The molecule has 0 heterocycles. The molecule has 1 aromatic rings. The highest BCUT2D eigenvalue weighted by molar-refractivity contribution is 14.0. The molecule has 5 heteroatoms. The number of hydrogen-bond acceptors (Lipinski definition) is 2.